The van der Waals surface area contributed by atoms with Gasteiger partial charge in [0.2, 0.25) is 0 Å². The van der Waals surface area contributed by atoms with Crippen LogP contribution in [0.2, 0.25) is 0 Å². The predicted octanol–water partition coefficient (Wildman–Crippen LogP) is 4.48. The standard InChI is InChI=1S/C27H30O5/c28-27-25(31-19-23-14-8-3-9-15-23)16-24(30-18-22-12-6-2-7-13-22)26(32-27)20-29-17-21-10-4-1-5-11-21/h1-15,24-28H,16-20H2/t24-,25?,26?,27+/m1/s1. The van der Waals surface area contributed by atoms with Crippen molar-refractivity contribution in [1.82, 2.24) is 0 Å². The van der Waals surface area contributed by atoms with Gasteiger partial charge in [-0.2, -0.15) is 0 Å². The Kier molecular flexibility index (Phi) is 8.42. The fraction of sp³-hybridized carbons (Fsp3) is 0.333. The minimum atomic E-state index is -1.03. The molecule has 1 aliphatic heterocycles. The monoisotopic (exact) mass is 434 g/mol. The topological polar surface area (TPSA) is 57.2 Å². The van der Waals surface area contributed by atoms with Gasteiger partial charge in [-0.1, -0.05) is 91.0 Å². The Morgan fingerprint density at radius 3 is 1.66 bits per heavy atom. The molecule has 1 aliphatic rings. The van der Waals surface area contributed by atoms with Crippen LogP contribution in [0.5, 0.6) is 0 Å². The highest BCUT2D eigenvalue weighted by Gasteiger charge is 2.38. The van der Waals surface area contributed by atoms with Crippen LogP contribution < -0.4 is 0 Å². The second kappa shape index (κ2) is 11.9. The largest absolute Gasteiger partial charge is 0.374 e. The molecular weight excluding hydrogens is 404 g/mol. The second-order valence-corrected chi connectivity index (χ2v) is 7.97. The normalized spacial score (nSPS) is 23.2. The van der Waals surface area contributed by atoms with Gasteiger partial charge >= 0.3 is 0 Å². The van der Waals surface area contributed by atoms with Gasteiger partial charge in [-0.25, -0.2) is 0 Å². The lowest BCUT2D eigenvalue weighted by atomic mass is 10.0. The molecule has 1 N–H and O–H groups in total. The lowest BCUT2D eigenvalue weighted by molar-refractivity contribution is -0.274. The van der Waals surface area contributed by atoms with Gasteiger partial charge in [0.15, 0.2) is 6.29 Å². The molecule has 0 amide bonds. The van der Waals surface area contributed by atoms with E-state index in [1.54, 1.807) is 0 Å². The Hall–Kier alpha value is -2.54. The van der Waals surface area contributed by atoms with Crippen LogP contribution in [0.15, 0.2) is 91.0 Å². The van der Waals surface area contributed by atoms with E-state index in [1.807, 2.05) is 91.0 Å². The minimum absolute atomic E-state index is 0.254. The molecule has 2 unspecified atom stereocenters. The third-order valence-corrected chi connectivity index (χ3v) is 5.52. The first-order valence-electron chi connectivity index (χ1n) is 11.0. The zero-order valence-corrected chi connectivity index (χ0v) is 18.1. The van der Waals surface area contributed by atoms with Crippen molar-refractivity contribution < 1.29 is 24.1 Å². The van der Waals surface area contributed by atoms with Crippen LogP contribution in [-0.4, -0.2) is 36.3 Å². The number of aliphatic hydroxyl groups excluding tert-OH is 1. The van der Waals surface area contributed by atoms with Crippen LogP contribution in [0.25, 0.3) is 0 Å². The lowest BCUT2D eigenvalue weighted by Gasteiger charge is -2.39. The van der Waals surface area contributed by atoms with Crippen LogP contribution in [0.1, 0.15) is 23.1 Å². The fourth-order valence-electron chi connectivity index (χ4n) is 3.75. The number of benzene rings is 3. The molecule has 0 spiro atoms. The van der Waals surface area contributed by atoms with Gasteiger partial charge < -0.3 is 24.1 Å². The van der Waals surface area contributed by atoms with Crippen molar-refractivity contribution in [2.75, 3.05) is 6.61 Å². The maximum Gasteiger partial charge on any atom is 0.181 e. The maximum atomic E-state index is 10.6. The zero-order chi connectivity index (χ0) is 22.0. The Morgan fingerprint density at radius 2 is 1.12 bits per heavy atom. The number of aliphatic hydroxyl groups is 1. The smallest absolute Gasteiger partial charge is 0.181 e. The van der Waals surface area contributed by atoms with E-state index in [0.29, 0.717) is 32.8 Å². The van der Waals surface area contributed by atoms with Crippen LogP contribution in [-0.2, 0) is 38.8 Å². The summed E-state index contributed by atoms with van der Waals surface area (Å²) in [5.74, 6) is 0. The van der Waals surface area contributed by atoms with Gasteiger partial charge in [0.25, 0.3) is 0 Å². The van der Waals surface area contributed by atoms with Gasteiger partial charge in [0.05, 0.1) is 32.5 Å². The summed E-state index contributed by atoms with van der Waals surface area (Å²) in [6.45, 7) is 1.69. The molecule has 4 atom stereocenters. The van der Waals surface area contributed by atoms with E-state index in [9.17, 15) is 5.11 Å². The molecule has 4 rings (SSSR count). The van der Waals surface area contributed by atoms with E-state index >= 15 is 0 Å². The highest BCUT2D eigenvalue weighted by Crippen LogP contribution is 2.26. The highest BCUT2D eigenvalue weighted by molar-refractivity contribution is 5.15. The third kappa shape index (κ3) is 6.73. The first-order valence-corrected chi connectivity index (χ1v) is 11.0. The predicted molar refractivity (Wildman–Crippen MR) is 122 cm³/mol. The van der Waals surface area contributed by atoms with E-state index in [-0.39, 0.29) is 12.2 Å². The van der Waals surface area contributed by atoms with Gasteiger partial charge in [0, 0.05) is 6.42 Å². The lowest BCUT2D eigenvalue weighted by Crippen LogP contribution is -2.50. The molecule has 5 heteroatoms. The Balaban J connectivity index is 1.36. The molecule has 1 fully saturated rings. The van der Waals surface area contributed by atoms with Crippen LogP contribution in [0.4, 0.5) is 0 Å². The second-order valence-electron chi connectivity index (χ2n) is 7.97. The molecule has 3 aromatic rings. The summed E-state index contributed by atoms with van der Waals surface area (Å²) < 4.78 is 24.0. The molecule has 0 aliphatic carbocycles. The quantitative estimate of drug-likeness (QED) is 0.510. The molecule has 0 bridgehead atoms. The molecular formula is C27H30O5. The Bertz CT molecular complexity index is 903. The van der Waals surface area contributed by atoms with E-state index in [4.69, 9.17) is 18.9 Å². The maximum absolute atomic E-state index is 10.6. The SMILES string of the molecule is O[C@H]1OC(COCc2ccccc2)[C@H](OCc2ccccc2)CC1OCc1ccccc1. The zero-order valence-electron chi connectivity index (χ0n) is 18.1. The average molecular weight is 435 g/mol. The van der Waals surface area contributed by atoms with Gasteiger partial charge in [-0.3, -0.25) is 0 Å². The summed E-state index contributed by atoms with van der Waals surface area (Å²) >= 11 is 0. The number of hydrogen-bond donors (Lipinski definition) is 1. The summed E-state index contributed by atoms with van der Waals surface area (Å²) in [7, 11) is 0. The number of hydrogen-bond acceptors (Lipinski definition) is 5. The van der Waals surface area contributed by atoms with Crippen molar-refractivity contribution in [3.8, 4) is 0 Å². The van der Waals surface area contributed by atoms with Crippen LogP contribution in [0.3, 0.4) is 0 Å². The molecule has 168 valence electrons. The van der Waals surface area contributed by atoms with E-state index < -0.39 is 12.4 Å². The third-order valence-electron chi connectivity index (χ3n) is 5.52. The van der Waals surface area contributed by atoms with Crippen molar-refractivity contribution in [2.45, 2.75) is 50.8 Å². The van der Waals surface area contributed by atoms with Gasteiger partial charge in [-0.15, -0.1) is 0 Å². The van der Waals surface area contributed by atoms with Crippen molar-refractivity contribution >= 4 is 0 Å². The molecule has 1 saturated heterocycles. The number of ether oxygens (including phenoxy) is 4. The minimum Gasteiger partial charge on any atom is -0.374 e. The molecule has 0 radical (unpaired) electrons. The summed E-state index contributed by atoms with van der Waals surface area (Å²) in [4.78, 5) is 0. The Labute approximate surface area is 189 Å². The molecule has 0 aromatic heterocycles. The summed E-state index contributed by atoms with van der Waals surface area (Å²) in [5, 5.41) is 10.6. The van der Waals surface area contributed by atoms with E-state index in [0.717, 1.165) is 16.7 Å². The average Bonchev–Trinajstić information content (AvgIpc) is 2.85. The molecule has 5 nitrogen and oxygen atoms in total. The molecule has 32 heavy (non-hydrogen) atoms. The van der Waals surface area contributed by atoms with Crippen LogP contribution >= 0.6 is 0 Å². The Morgan fingerprint density at radius 1 is 0.656 bits per heavy atom. The summed E-state index contributed by atoms with van der Waals surface area (Å²) in [6, 6.07) is 29.9. The molecule has 1 heterocycles. The van der Waals surface area contributed by atoms with Gasteiger partial charge in [-0.05, 0) is 16.7 Å². The van der Waals surface area contributed by atoms with Crippen molar-refractivity contribution in [3.05, 3.63) is 108 Å². The first kappa shape index (κ1) is 22.6. The highest BCUT2D eigenvalue weighted by atomic mass is 16.7. The van der Waals surface area contributed by atoms with Crippen molar-refractivity contribution in [3.63, 3.8) is 0 Å². The van der Waals surface area contributed by atoms with Gasteiger partial charge in [0.1, 0.15) is 12.2 Å². The summed E-state index contributed by atoms with van der Waals surface area (Å²) in [6.07, 6.45) is -1.61. The van der Waals surface area contributed by atoms with E-state index in [1.165, 1.54) is 0 Å². The molecule has 3 aromatic carbocycles. The van der Waals surface area contributed by atoms with Crippen LogP contribution in [0, 0.1) is 0 Å². The van der Waals surface area contributed by atoms with E-state index in [2.05, 4.69) is 0 Å². The number of rotatable bonds is 10. The molecule has 0 saturated carbocycles. The first-order chi connectivity index (χ1) is 15.8. The van der Waals surface area contributed by atoms with Crippen molar-refractivity contribution in [2.24, 2.45) is 0 Å². The summed E-state index contributed by atoms with van der Waals surface area (Å²) in [5.41, 5.74) is 3.23. The van der Waals surface area contributed by atoms with Crippen molar-refractivity contribution in [1.29, 1.82) is 0 Å². The fourth-order valence-corrected chi connectivity index (χ4v) is 3.75.